The van der Waals surface area contributed by atoms with Crippen molar-refractivity contribution in [3.8, 4) is 0 Å². The van der Waals surface area contributed by atoms with E-state index in [-0.39, 0.29) is 5.91 Å². The predicted molar refractivity (Wildman–Crippen MR) is 96.9 cm³/mol. The third-order valence-corrected chi connectivity index (χ3v) is 4.41. The Bertz CT molecular complexity index is 674. The molecule has 0 bridgehead atoms. The van der Waals surface area contributed by atoms with Gasteiger partial charge in [0.1, 0.15) is 0 Å². The molecule has 2 aromatic rings. The predicted octanol–water partition coefficient (Wildman–Crippen LogP) is 5.24. The summed E-state index contributed by atoms with van der Waals surface area (Å²) in [7, 11) is 0. The molecule has 1 N–H and O–H groups in total. The van der Waals surface area contributed by atoms with Crippen molar-refractivity contribution in [1.82, 2.24) is 0 Å². The number of piperidine rings is 1. The fourth-order valence-electron chi connectivity index (χ4n) is 2.80. The molecular formula is C18H18Cl2N2O. The van der Waals surface area contributed by atoms with Gasteiger partial charge in [-0.25, -0.2) is 0 Å². The molecule has 1 aliphatic rings. The van der Waals surface area contributed by atoms with E-state index >= 15 is 0 Å². The highest BCUT2D eigenvalue weighted by atomic mass is 35.5. The van der Waals surface area contributed by atoms with Gasteiger partial charge in [-0.1, -0.05) is 23.2 Å². The maximum atomic E-state index is 12.3. The van der Waals surface area contributed by atoms with Crippen LogP contribution in [-0.2, 0) is 0 Å². The molecular weight excluding hydrogens is 331 g/mol. The van der Waals surface area contributed by atoms with Crippen LogP contribution < -0.4 is 10.2 Å². The molecule has 3 rings (SSSR count). The van der Waals surface area contributed by atoms with Crippen LogP contribution in [0.5, 0.6) is 0 Å². The minimum Gasteiger partial charge on any atom is -0.372 e. The van der Waals surface area contributed by atoms with E-state index in [1.165, 1.54) is 24.9 Å². The van der Waals surface area contributed by atoms with Crippen LogP contribution >= 0.6 is 23.2 Å². The maximum absolute atomic E-state index is 12.3. The summed E-state index contributed by atoms with van der Waals surface area (Å²) in [4.78, 5) is 14.7. The van der Waals surface area contributed by atoms with E-state index in [0.717, 1.165) is 13.1 Å². The van der Waals surface area contributed by atoms with Crippen molar-refractivity contribution in [2.24, 2.45) is 0 Å². The Labute approximate surface area is 146 Å². The highest BCUT2D eigenvalue weighted by Gasteiger charge is 2.12. The molecule has 2 aromatic carbocycles. The lowest BCUT2D eigenvalue weighted by atomic mass is 10.1. The second-order valence-electron chi connectivity index (χ2n) is 5.71. The normalized spacial score (nSPS) is 14.6. The third-order valence-electron chi connectivity index (χ3n) is 3.97. The Hall–Kier alpha value is -1.71. The lowest BCUT2D eigenvalue weighted by Crippen LogP contribution is -2.29. The highest BCUT2D eigenvalue weighted by Crippen LogP contribution is 2.24. The Morgan fingerprint density at radius 2 is 1.52 bits per heavy atom. The molecule has 0 atom stereocenters. The van der Waals surface area contributed by atoms with Gasteiger partial charge in [0, 0.05) is 40.1 Å². The molecule has 1 fully saturated rings. The van der Waals surface area contributed by atoms with E-state index in [0.29, 0.717) is 21.3 Å². The maximum Gasteiger partial charge on any atom is 0.255 e. The summed E-state index contributed by atoms with van der Waals surface area (Å²) in [5, 5.41) is 3.80. The fraction of sp³-hybridized carbons (Fsp3) is 0.278. The molecule has 23 heavy (non-hydrogen) atoms. The molecule has 1 saturated heterocycles. The van der Waals surface area contributed by atoms with Gasteiger partial charge in [-0.05, 0) is 61.7 Å². The van der Waals surface area contributed by atoms with Crippen molar-refractivity contribution in [3.63, 3.8) is 0 Å². The van der Waals surface area contributed by atoms with Crippen molar-refractivity contribution in [3.05, 3.63) is 58.1 Å². The second kappa shape index (κ2) is 7.24. The van der Waals surface area contributed by atoms with Crippen LogP contribution in [0.1, 0.15) is 29.6 Å². The zero-order chi connectivity index (χ0) is 16.2. The Kier molecular flexibility index (Phi) is 5.09. The van der Waals surface area contributed by atoms with Gasteiger partial charge in [0.05, 0.1) is 0 Å². The van der Waals surface area contributed by atoms with Crippen LogP contribution in [0.4, 0.5) is 11.4 Å². The van der Waals surface area contributed by atoms with Gasteiger partial charge >= 0.3 is 0 Å². The summed E-state index contributed by atoms with van der Waals surface area (Å²) in [6.07, 6.45) is 3.77. The number of anilines is 2. The first-order valence-corrected chi connectivity index (χ1v) is 8.50. The van der Waals surface area contributed by atoms with E-state index in [4.69, 9.17) is 23.2 Å². The van der Waals surface area contributed by atoms with Gasteiger partial charge < -0.3 is 10.2 Å². The molecule has 1 aliphatic heterocycles. The summed E-state index contributed by atoms with van der Waals surface area (Å²) in [6.45, 7) is 2.18. The first kappa shape index (κ1) is 16.2. The van der Waals surface area contributed by atoms with Crippen LogP contribution in [0, 0.1) is 0 Å². The molecule has 3 nitrogen and oxygen atoms in total. The minimum atomic E-state index is -0.173. The van der Waals surface area contributed by atoms with E-state index in [9.17, 15) is 4.79 Å². The number of carbonyl (C=O) groups excluding carboxylic acids is 1. The summed E-state index contributed by atoms with van der Waals surface area (Å²) < 4.78 is 0. The number of hydrogen-bond acceptors (Lipinski definition) is 2. The number of nitrogens with zero attached hydrogens (tertiary/aromatic N) is 1. The summed E-state index contributed by atoms with van der Waals surface area (Å²) in [5.74, 6) is -0.173. The first-order valence-electron chi connectivity index (χ1n) is 7.74. The van der Waals surface area contributed by atoms with E-state index < -0.39 is 0 Å². The van der Waals surface area contributed by atoms with Gasteiger partial charge in [0.25, 0.3) is 5.91 Å². The van der Waals surface area contributed by atoms with Crippen LogP contribution in [0.3, 0.4) is 0 Å². The Balaban J connectivity index is 1.69. The quantitative estimate of drug-likeness (QED) is 0.822. The Morgan fingerprint density at radius 1 is 0.913 bits per heavy atom. The lowest BCUT2D eigenvalue weighted by molar-refractivity contribution is 0.102. The van der Waals surface area contributed by atoms with Crippen LogP contribution in [0.25, 0.3) is 0 Å². The molecule has 5 heteroatoms. The Morgan fingerprint density at radius 3 is 2.13 bits per heavy atom. The topological polar surface area (TPSA) is 32.3 Å². The zero-order valence-electron chi connectivity index (χ0n) is 12.7. The monoisotopic (exact) mass is 348 g/mol. The zero-order valence-corrected chi connectivity index (χ0v) is 14.2. The molecule has 0 radical (unpaired) electrons. The summed E-state index contributed by atoms with van der Waals surface area (Å²) in [5.41, 5.74) is 2.38. The average Bonchev–Trinajstić information content (AvgIpc) is 2.55. The molecule has 0 aliphatic carbocycles. The van der Waals surface area contributed by atoms with Crippen LogP contribution in [-0.4, -0.2) is 19.0 Å². The van der Waals surface area contributed by atoms with Crippen molar-refractivity contribution in [1.29, 1.82) is 0 Å². The largest absolute Gasteiger partial charge is 0.372 e. The number of rotatable bonds is 3. The molecule has 0 unspecified atom stereocenters. The summed E-state index contributed by atoms with van der Waals surface area (Å²) >= 11 is 11.9. The first-order chi connectivity index (χ1) is 11.1. The highest BCUT2D eigenvalue weighted by molar-refractivity contribution is 6.35. The van der Waals surface area contributed by atoms with E-state index in [2.05, 4.69) is 10.2 Å². The van der Waals surface area contributed by atoms with Crippen molar-refractivity contribution < 1.29 is 4.79 Å². The molecule has 120 valence electrons. The number of halogens is 2. The second-order valence-corrected chi connectivity index (χ2v) is 6.58. The molecule has 0 saturated carbocycles. The summed E-state index contributed by atoms with van der Waals surface area (Å²) in [6, 6.07) is 12.7. The SMILES string of the molecule is O=C(Nc1cc(Cl)cc(Cl)c1)c1ccc(N2CCCCC2)cc1. The molecule has 1 amide bonds. The molecule has 1 heterocycles. The van der Waals surface area contributed by atoms with Gasteiger partial charge in [-0.15, -0.1) is 0 Å². The van der Waals surface area contributed by atoms with Gasteiger partial charge in [-0.2, -0.15) is 0 Å². The number of amides is 1. The van der Waals surface area contributed by atoms with Gasteiger partial charge in [0.15, 0.2) is 0 Å². The van der Waals surface area contributed by atoms with Crippen LogP contribution in [0.15, 0.2) is 42.5 Å². The fourth-order valence-corrected chi connectivity index (χ4v) is 3.33. The molecule has 0 spiro atoms. The van der Waals surface area contributed by atoms with Gasteiger partial charge in [-0.3, -0.25) is 4.79 Å². The number of benzene rings is 2. The van der Waals surface area contributed by atoms with Crippen molar-refractivity contribution >= 4 is 40.5 Å². The van der Waals surface area contributed by atoms with Crippen molar-refractivity contribution in [2.45, 2.75) is 19.3 Å². The minimum absolute atomic E-state index is 0.173. The lowest BCUT2D eigenvalue weighted by Gasteiger charge is -2.28. The molecule has 0 aromatic heterocycles. The van der Waals surface area contributed by atoms with Crippen molar-refractivity contribution in [2.75, 3.05) is 23.3 Å². The average molecular weight is 349 g/mol. The number of carbonyl (C=O) groups is 1. The number of nitrogens with one attached hydrogen (secondary N) is 1. The number of hydrogen-bond donors (Lipinski definition) is 1. The van der Waals surface area contributed by atoms with Gasteiger partial charge in [0.2, 0.25) is 0 Å². The van der Waals surface area contributed by atoms with E-state index in [1.807, 2.05) is 24.3 Å². The smallest absolute Gasteiger partial charge is 0.255 e. The third kappa shape index (κ3) is 4.18. The standard InChI is InChI=1S/C18H18Cl2N2O/c19-14-10-15(20)12-16(11-14)21-18(23)13-4-6-17(7-5-13)22-8-2-1-3-9-22/h4-7,10-12H,1-3,8-9H2,(H,21,23). The van der Waals surface area contributed by atoms with Crippen LogP contribution in [0.2, 0.25) is 10.0 Å². The van der Waals surface area contributed by atoms with E-state index in [1.54, 1.807) is 18.2 Å².